The van der Waals surface area contributed by atoms with Gasteiger partial charge in [-0.25, -0.2) is 19.4 Å². The topological polar surface area (TPSA) is 63.7 Å². The van der Waals surface area contributed by atoms with Crippen LogP contribution in [-0.2, 0) is 18.3 Å². The number of nitrogens with zero attached hydrogens (tertiary/aromatic N) is 4. The lowest BCUT2D eigenvalue weighted by molar-refractivity contribution is -0.657. The van der Waals surface area contributed by atoms with Crippen LogP contribution in [0.5, 0.6) is 0 Å². The van der Waals surface area contributed by atoms with Gasteiger partial charge >= 0.3 is 5.91 Å². The second kappa shape index (κ2) is 9.14. The maximum atomic E-state index is 13.3. The molecule has 0 aliphatic carbocycles. The van der Waals surface area contributed by atoms with E-state index in [1.54, 1.807) is 4.68 Å². The van der Waals surface area contributed by atoms with E-state index < -0.39 is 6.04 Å². The maximum absolute atomic E-state index is 13.3. The van der Waals surface area contributed by atoms with Crippen LogP contribution in [0.1, 0.15) is 17.2 Å². The summed E-state index contributed by atoms with van der Waals surface area (Å²) in [6, 6.07) is 21.0. The molecule has 0 aliphatic rings. The molecule has 0 spiro atoms. The number of thiol groups is 1. The number of pyridine rings is 1. The Balaban J connectivity index is 1.65. The summed E-state index contributed by atoms with van der Waals surface area (Å²) in [5, 5.41) is 11.6. The Morgan fingerprint density at radius 1 is 1.13 bits per heavy atom. The number of rotatable bonds is 6. The van der Waals surface area contributed by atoms with Gasteiger partial charge < -0.3 is 0 Å². The molecule has 156 valence electrons. The van der Waals surface area contributed by atoms with Crippen molar-refractivity contribution in [3.63, 3.8) is 0 Å². The van der Waals surface area contributed by atoms with Crippen LogP contribution >= 0.6 is 12.6 Å². The summed E-state index contributed by atoms with van der Waals surface area (Å²) < 4.78 is 3.53. The minimum absolute atomic E-state index is 0.146. The van der Waals surface area contributed by atoms with Crippen LogP contribution in [0.3, 0.4) is 0 Å². The smallest absolute Gasteiger partial charge is 0.244 e. The Labute approximate surface area is 187 Å². The fourth-order valence-electron chi connectivity index (χ4n) is 3.35. The van der Waals surface area contributed by atoms with Gasteiger partial charge in [0.2, 0.25) is 0 Å². The van der Waals surface area contributed by atoms with Crippen molar-refractivity contribution in [2.24, 2.45) is 7.05 Å². The van der Waals surface area contributed by atoms with Gasteiger partial charge in [0.05, 0.1) is 19.4 Å². The van der Waals surface area contributed by atoms with E-state index >= 15 is 0 Å². The summed E-state index contributed by atoms with van der Waals surface area (Å²) in [6.07, 6.45) is 4.24. The molecule has 0 aliphatic heterocycles. The van der Waals surface area contributed by atoms with Gasteiger partial charge in [-0.15, -0.1) is 17.7 Å². The van der Waals surface area contributed by atoms with Crippen LogP contribution in [0.25, 0.3) is 11.3 Å². The van der Waals surface area contributed by atoms with Crippen LogP contribution < -0.4 is 9.88 Å². The molecule has 0 fully saturated rings. The van der Waals surface area contributed by atoms with Gasteiger partial charge in [0.15, 0.2) is 6.04 Å². The van der Waals surface area contributed by atoms with Crippen molar-refractivity contribution in [1.82, 2.24) is 15.0 Å². The third kappa shape index (κ3) is 5.00. The van der Waals surface area contributed by atoms with E-state index in [4.69, 9.17) is 0 Å². The van der Waals surface area contributed by atoms with Crippen molar-refractivity contribution < 1.29 is 9.36 Å². The number of amides is 1. The van der Waals surface area contributed by atoms with Crippen molar-refractivity contribution in [2.45, 2.75) is 24.3 Å². The monoisotopic (exact) mass is 430 g/mol. The van der Waals surface area contributed by atoms with Crippen molar-refractivity contribution in [2.75, 3.05) is 5.32 Å². The molecule has 0 saturated carbocycles. The highest BCUT2D eigenvalue weighted by Gasteiger charge is 2.27. The summed E-state index contributed by atoms with van der Waals surface area (Å²) in [4.78, 5) is 14.2. The van der Waals surface area contributed by atoms with Crippen LogP contribution in [-0.4, -0.2) is 20.9 Å². The fourth-order valence-corrected chi connectivity index (χ4v) is 3.50. The molecule has 1 atom stereocenters. The molecule has 2 aromatic carbocycles. The van der Waals surface area contributed by atoms with E-state index in [0.717, 1.165) is 27.4 Å². The average molecular weight is 431 g/mol. The highest BCUT2D eigenvalue weighted by molar-refractivity contribution is 7.80. The molecule has 4 rings (SSSR count). The van der Waals surface area contributed by atoms with Crippen molar-refractivity contribution >= 4 is 24.4 Å². The zero-order valence-corrected chi connectivity index (χ0v) is 18.3. The molecule has 1 N–H and O–H groups in total. The molecule has 0 saturated heterocycles. The second-order valence-corrected chi connectivity index (χ2v) is 8.04. The summed E-state index contributed by atoms with van der Waals surface area (Å²) in [5.74, 6) is 0.583. The first-order chi connectivity index (χ1) is 15.0. The van der Waals surface area contributed by atoms with Gasteiger partial charge in [0.1, 0.15) is 5.69 Å². The maximum Gasteiger partial charge on any atom is 0.332 e. The molecular formula is C24H24N5OS+. The molecule has 2 aromatic heterocycles. The predicted molar refractivity (Wildman–Crippen MR) is 123 cm³/mol. The lowest BCUT2D eigenvalue weighted by Crippen LogP contribution is -2.37. The third-order valence-corrected chi connectivity index (χ3v) is 5.42. The Hall–Kier alpha value is -3.45. The van der Waals surface area contributed by atoms with Gasteiger partial charge in [-0.1, -0.05) is 47.7 Å². The number of anilines is 1. The number of aryl methyl sites for hydroxylation is 2. The number of carbonyl (C=O) groups is 1. The summed E-state index contributed by atoms with van der Waals surface area (Å²) in [5.41, 5.74) is 3.75. The Morgan fingerprint density at radius 2 is 1.87 bits per heavy atom. The predicted octanol–water partition coefficient (Wildman–Crippen LogP) is 3.79. The standard InChI is InChI=1S/C24H23N5OS/c1-17-12-13-28(2)23(14-17)25-24(30)22(15-18-6-4-3-5-7-18)29-16-21(26-27-29)19-8-10-20(31)11-9-19/h3-14,16,22,31H,15H2,1-2H3/p+1/t22-/m0/s1. The number of benzene rings is 2. The summed E-state index contributed by atoms with van der Waals surface area (Å²) in [7, 11) is 1.90. The van der Waals surface area contributed by atoms with Gasteiger partial charge in [-0.2, -0.15) is 0 Å². The zero-order chi connectivity index (χ0) is 21.8. The largest absolute Gasteiger partial charge is 0.332 e. The van der Waals surface area contributed by atoms with Crippen molar-refractivity contribution in [3.8, 4) is 11.3 Å². The van der Waals surface area contributed by atoms with Crippen LogP contribution in [0, 0.1) is 6.92 Å². The Morgan fingerprint density at radius 3 is 2.61 bits per heavy atom. The Bertz CT molecular complexity index is 1190. The molecule has 0 unspecified atom stereocenters. The van der Waals surface area contributed by atoms with Crippen molar-refractivity contribution in [1.29, 1.82) is 0 Å². The van der Waals surface area contributed by atoms with E-state index in [1.165, 1.54) is 0 Å². The number of nitrogens with one attached hydrogen (secondary N) is 1. The van der Waals surface area contributed by atoms with Crippen LogP contribution in [0.2, 0.25) is 0 Å². The van der Waals surface area contributed by atoms with E-state index in [1.807, 2.05) is 97.7 Å². The van der Waals surface area contributed by atoms with E-state index in [9.17, 15) is 4.79 Å². The highest BCUT2D eigenvalue weighted by Crippen LogP contribution is 2.22. The lowest BCUT2D eigenvalue weighted by Gasteiger charge is -2.14. The highest BCUT2D eigenvalue weighted by atomic mass is 32.1. The fraction of sp³-hybridized carbons (Fsp3) is 0.167. The minimum Gasteiger partial charge on any atom is -0.244 e. The molecular weight excluding hydrogens is 406 g/mol. The Kier molecular flexibility index (Phi) is 6.13. The molecule has 2 heterocycles. The quantitative estimate of drug-likeness (QED) is 0.361. The van der Waals surface area contributed by atoms with Gasteiger partial charge in [0.25, 0.3) is 5.82 Å². The third-order valence-electron chi connectivity index (χ3n) is 5.12. The van der Waals surface area contributed by atoms with Gasteiger partial charge in [-0.05, 0) is 36.2 Å². The minimum atomic E-state index is -0.548. The van der Waals surface area contributed by atoms with E-state index in [-0.39, 0.29) is 5.91 Å². The number of hydrogen-bond acceptors (Lipinski definition) is 4. The van der Waals surface area contributed by atoms with Crippen LogP contribution in [0.4, 0.5) is 5.82 Å². The molecule has 31 heavy (non-hydrogen) atoms. The number of hydrogen-bond donors (Lipinski definition) is 2. The molecule has 7 heteroatoms. The summed E-state index contributed by atoms with van der Waals surface area (Å²) in [6.45, 7) is 2.00. The lowest BCUT2D eigenvalue weighted by atomic mass is 10.1. The average Bonchev–Trinajstić information content (AvgIpc) is 3.25. The first kappa shape index (κ1) is 20.8. The number of aromatic nitrogens is 4. The molecule has 0 bridgehead atoms. The van der Waals surface area contributed by atoms with Crippen LogP contribution in [0.15, 0.2) is 84.0 Å². The number of carbonyl (C=O) groups excluding carboxylic acids is 1. The second-order valence-electron chi connectivity index (χ2n) is 7.53. The molecule has 0 radical (unpaired) electrons. The molecule has 4 aromatic rings. The normalized spacial score (nSPS) is 11.8. The van der Waals surface area contributed by atoms with E-state index in [0.29, 0.717) is 12.1 Å². The molecule has 6 nitrogen and oxygen atoms in total. The SMILES string of the molecule is Cc1cc[n+](C)c(NC(=O)[C@H](Cc2ccccc2)n2cc(-c3ccc(S)cc3)nn2)c1. The summed E-state index contributed by atoms with van der Waals surface area (Å²) >= 11 is 4.33. The molecule has 1 amide bonds. The zero-order valence-electron chi connectivity index (χ0n) is 17.4. The van der Waals surface area contributed by atoms with Gasteiger partial charge in [0, 0.05) is 22.9 Å². The van der Waals surface area contributed by atoms with Crippen molar-refractivity contribution in [3.05, 3.63) is 90.3 Å². The first-order valence-electron chi connectivity index (χ1n) is 10.0. The van der Waals surface area contributed by atoms with Gasteiger partial charge in [-0.3, -0.25) is 0 Å². The van der Waals surface area contributed by atoms with E-state index in [2.05, 4.69) is 28.3 Å². The first-order valence-corrected chi connectivity index (χ1v) is 10.5.